The van der Waals surface area contributed by atoms with E-state index in [4.69, 9.17) is 18.3 Å². The lowest BCUT2D eigenvalue weighted by molar-refractivity contribution is -0.0732. The van der Waals surface area contributed by atoms with Crippen LogP contribution in [0.1, 0.15) is 18.2 Å². The van der Waals surface area contributed by atoms with Crippen LogP contribution in [-0.2, 0) is 29.5 Å². The summed E-state index contributed by atoms with van der Waals surface area (Å²) in [7, 11) is -3.98. The molecule has 0 spiro atoms. The number of nitrogens with zero attached hydrogens (tertiary/aromatic N) is 1. The van der Waals surface area contributed by atoms with Crippen molar-refractivity contribution in [2.75, 3.05) is 6.61 Å². The van der Waals surface area contributed by atoms with Crippen molar-refractivity contribution in [2.24, 2.45) is 0 Å². The van der Waals surface area contributed by atoms with Crippen molar-refractivity contribution < 1.29 is 31.7 Å². The third kappa shape index (κ3) is 3.71. The van der Waals surface area contributed by atoms with Gasteiger partial charge in [-0.25, -0.2) is 13.8 Å². The van der Waals surface area contributed by atoms with Gasteiger partial charge in [0.25, 0.3) is 5.56 Å². The molecule has 3 heterocycles. The maximum Gasteiger partial charge on any atom is 0.475 e. The molecule has 150 valence electrons. The van der Waals surface area contributed by atoms with Crippen LogP contribution in [0.15, 0.2) is 40.1 Å². The summed E-state index contributed by atoms with van der Waals surface area (Å²) in [6.45, 7) is -0.480. The van der Waals surface area contributed by atoms with Crippen molar-refractivity contribution >= 4 is 7.82 Å². The topological polar surface area (TPSA) is 109 Å². The Hall–Kier alpha value is -2.17. The quantitative estimate of drug-likeness (QED) is 0.758. The molecule has 0 saturated carbocycles. The average molecular weight is 416 g/mol. The normalized spacial score (nSPS) is 29.6. The summed E-state index contributed by atoms with van der Waals surface area (Å²) >= 11 is 0. The minimum Gasteiger partial charge on any atom is -0.349 e. The number of H-pyrrole nitrogens is 1. The minimum atomic E-state index is -3.98. The van der Waals surface area contributed by atoms with E-state index >= 15 is 0 Å². The highest BCUT2D eigenvalue weighted by Gasteiger charge is 2.48. The van der Waals surface area contributed by atoms with Crippen LogP contribution in [0.25, 0.3) is 0 Å². The first kappa shape index (κ1) is 19.2. The number of aromatic amines is 1. The zero-order valence-corrected chi connectivity index (χ0v) is 15.1. The maximum atomic E-state index is 13.7. The molecule has 2 fully saturated rings. The molecule has 12 heteroatoms. The first-order valence-corrected chi connectivity index (χ1v) is 9.78. The van der Waals surface area contributed by atoms with E-state index in [9.17, 15) is 22.9 Å². The Labute approximate surface area is 156 Å². The molecule has 0 bridgehead atoms. The maximum absolute atomic E-state index is 13.7. The van der Waals surface area contributed by atoms with Gasteiger partial charge in [-0.05, 0) is 6.07 Å². The SMILES string of the molecule is O=c1[nH]c(=O)n([C@H]2C[C@@H]3O[P@](=O)(OCc4ccccc4F)OC[C@H]3O2)cc1F. The van der Waals surface area contributed by atoms with Crippen LogP contribution in [0.4, 0.5) is 8.78 Å². The van der Waals surface area contributed by atoms with E-state index in [1.165, 1.54) is 18.2 Å². The number of halogens is 2. The molecular weight excluding hydrogens is 401 g/mol. The van der Waals surface area contributed by atoms with Crippen LogP contribution in [0.5, 0.6) is 0 Å². The van der Waals surface area contributed by atoms with Crippen molar-refractivity contribution in [3.05, 3.63) is 68.5 Å². The highest BCUT2D eigenvalue weighted by Crippen LogP contribution is 2.57. The van der Waals surface area contributed by atoms with Gasteiger partial charge in [-0.15, -0.1) is 0 Å². The van der Waals surface area contributed by atoms with Crippen LogP contribution in [0, 0.1) is 11.6 Å². The summed E-state index contributed by atoms with van der Waals surface area (Å²) in [5.74, 6) is -1.66. The largest absolute Gasteiger partial charge is 0.475 e. The van der Waals surface area contributed by atoms with Gasteiger partial charge < -0.3 is 4.74 Å². The van der Waals surface area contributed by atoms with Gasteiger partial charge in [0, 0.05) is 12.0 Å². The molecule has 2 aliphatic rings. The molecule has 4 atom stereocenters. The Morgan fingerprint density at radius 1 is 1.21 bits per heavy atom. The Kier molecular flexibility index (Phi) is 5.02. The molecule has 1 aromatic heterocycles. The van der Waals surface area contributed by atoms with E-state index in [1.807, 2.05) is 4.98 Å². The van der Waals surface area contributed by atoms with Gasteiger partial charge in [0.15, 0.2) is 0 Å². The molecule has 0 unspecified atom stereocenters. The molecular formula is C16H15F2N2O7P. The Balaban J connectivity index is 1.45. The zero-order valence-electron chi connectivity index (χ0n) is 14.2. The number of rotatable bonds is 4. The van der Waals surface area contributed by atoms with Crippen molar-refractivity contribution in [3.8, 4) is 0 Å². The van der Waals surface area contributed by atoms with Crippen LogP contribution in [0.3, 0.4) is 0 Å². The molecule has 0 aliphatic carbocycles. The number of phosphoric ester groups is 1. The van der Waals surface area contributed by atoms with Crippen LogP contribution in [-0.4, -0.2) is 28.4 Å². The molecule has 28 heavy (non-hydrogen) atoms. The van der Waals surface area contributed by atoms with Crippen LogP contribution in [0.2, 0.25) is 0 Å². The second kappa shape index (κ2) is 7.34. The van der Waals surface area contributed by atoms with Crippen molar-refractivity contribution in [3.63, 3.8) is 0 Å². The van der Waals surface area contributed by atoms with E-state index in [2.05, 4.69) is 0 Å². The molecule has 2 saturated heterocycles. The fourth-order valence-corrected chi connectivity index (χ4v) is 4.38. The molecule has 1 N–H and O–H groups in total. The van der Waals surface area contributed by atoms with Gasteiger partial charge >= 0.3 is 13.5 Å². The van der Waals surface area contributed by atoms with E-state index in [0.29, 0.717) is 0 Å². The number of fused-ring (bicyclic) bond motifs is 1. The van der Waals surface area contributed by atoms with E-state index in [0.717, 1.165) is 10.8 Å². The third-order valence-corrected chi connectivity index (χ3v) is 5.85. The first-order chi connectivity index (χ1) is 13.3. The third-order valence-electron chi connectivity index (χ3n) is 4.41. The summed E-state index contributed by atoms with van der Waals surface area (Å²) in [6.07, 6.45) is -1.60. The fourth-order valence-electron chi connectivity index (χ4n) is 3.00. The van der Waals surface area contributed by atoms with E-state index in [1.54, 1.807) is 6.07 Å². The lowest BCUT2D eigenvalue weighted by Gasteiger charge is -2.29. The first-order valence-electron chi connectivity index (χ1n) is 8.32. The number of ether oxygens (including phenoxy) is 1. The smallest absolute Gasteiger partial charge is 0.349 e. The van der Waals surface area contributed by atoms with Gasteiger partial charge in [0.05, 0.1) is 19.4 Å². The summed E-state index contributed by atoms with van der Waals surface area (Å²) < 4.78 is 62.0. The Morgan fingerprint density at radius 2 is 2.00 bits per heavy atom. The molecule has 0 amide bonds. The lowest BCUT2D eigenvalue weighted by Crippen LogP contribution is -2.34. The average Bonchev–Trinajstić information content (AvgIpc) is 3.06. The summed E-state index contributed by atoms with van der Waals surface area (Å²) in [6, 6.07) is 5.83. The summed E-state index contributed by atoms with van der Waals surface area (Å²) in [4.78, 5) is 24.9. The van der Waals surface area contributed by atoms with Gasteiger partial charge in [-0.2, -0.15) is 4.39 Å². The number of benzene rings is 1. The van der Waals surface area contributed by atoms with Gasteiger partial charge in [-0.3, -0.25) is 27.9 Å². The Morgan fingerprint density at radius 3 is 2.79 bits per heavy atom. The predicted molar refractivity (Wildman–Crippen MR) is 89.4 cm³/mol. The number of nitrogens with one attached hydrogen (secondary N) is 1. The second-order valence-corrected chi connectivity index (χ2v) is 7.88. The predicted octanol–water partition coefficient (Wildman–Crippen LogP) is 1.84. The molecule has 2 aromatic rings. The van der Waals surface area contributed by atoms with Crippen molar-refractivity contribution in [1.29, 1.82) is 0 Å². The molecule has 2 aliphatic heterocycles. The number of hydrogen-bond acceptors (Lipinski definition) is 7. The van der Waals surface area contributed by atoms with Crippen molar-refractivity contribution in [2.45, 2.75) is 31.5 Å². The highest BCUT2D eigenvalue weighted by atomic mass is 31.2. The van der Waals surface area contributed by atoms with Gasteiger partial charge in [0.1, 0.15) is 24.3 Å². The number of phosphoric acid groups is 1. The van der Waals surface area contributed by atoms with Gasteiger partial charge in [0.2, 0.25) is 5.82 Å². The van der Waals surface area contributed by atoms with E-state index < -0.39 is 49.1 Å². The minimum absolute atomic E-state index is 0.0481. The lowest BCUT2D eigenvalue weighted by atomic mass is 10.2. The molecule has 9 nitrogen and oxygen atoms in total. The Bertz CT molecular complexity index is 1060. The number of aromatic nitrogens is 2. The fraction of sp³-hybridized carbons (Fsp3) is 0.375. The monoisotopic (exact) mass is 416 g/mol. The summed E-state index contributed by atoms with van der Waals surface area (Å²) in [5, 5.41) is 0. The van der Waals surface area contributed by atoms with Crippen molar-refractivity contribution in [1.82, 2.24) is 9.55 Å². The summed E-state index contributed by atoms with van der Waals surface area (Å²) in [5.41, 5.74) is -1.81. The van der Waals surface area contributed by atoms with Crippen LogP contribution >= 0.6 is 7.82 Å². The molecule has 0 radical (unpaired) electrons. The second-order valence-electron chi connectivity index (χ2n) is 6.26. The van der Waals surface area contributed by atoms with Crippen LogP contribution < -0.4 is 11.2 Å². The highest BCUT2D eigenvalue weighted by molar-refractivity contribution is 7.48. The number of hydrogen-bond donors (Lipinski definition) is 1. The molecule has 1 aromatic carbocycles. The zero-order chi connectivity index (χ0) is 19.9. The molecule has 4 rings (SSSR count). The standard InChI is InChI=1S/C16H15F2N2O7P/c17-10-4-2-1-3-9(10)7-24-28(23)25-8-13-12(27-28)5-14(26-13)20-6-11(18)15(21)19-16(20)22/h1-4,6,12-14H,5,7-8H2,(H,19,21,22)/t12-,13+,14+,28+/m0/s1. The van der Waals surface area contributed by atoms with E-state index in [-0.39, 0.29) is 25.2 Å². The van der Waals surface area contributed by atoms with Gasteiger partial charge in [-0.1, -0.05) is 18.2 Å².